The van der Waals surface area contributed by atoms with E-state index in [2.05, 4.69) is 9.72 Å². The molecule has 1 unspecified atom stereocenters. The van der Waals surface area contributed by atoms with Crippen LogP contribution < -0.4 is 4.74 Å². The second-order valence-electron chi connectivity index (χ2n) is 3.89. The number of rotatable bonds is 5. The minimum atomic E-state index is -2.93. The lowest BCUT2D eigenvalue weighted by Crippen LogP contribution is -2.12. The molecule has 0 fully saturated rings. The molecule has 0 bridgehead atoms. The van der Waals surface area contributed by atoms with Gasteiger partial charge in [0.2, 0.25) is 0 Å². The average molecular weight is 268 g/mol. The van der Waals surface area contributed by atoms with E-state index in [1.807, 2.05) is 6.92 Å². The first kappa shape index (κ1) is 13.5. The Labute approximate surface area is 109 Å². The molecule has 1 aromatic carbocycles. The van der Waals surface area contributed by atoms with Crippen molar-refractivity contribution >= 4 is 0 Å². The largest absolute Gasteiger partial charge is 0.434 e. The van der Waals surface area contributed by atoms with Gasteiger partial charge >= 0.3 is 6.61 Å². The van der Waals surface area contributed by atoms with Gasteiger partial charge in [-0.15, -0.1) is 0 Å². The summed E-state index contributed by atoms with van der Waals surface area (Å²) in [6, 6.07) is 6.15. The highest BCUT2D eigenvalue weighted by Gasteiger charge is 2.20. The number of ether oxygens (including phenoxy) is 1. The Kier molecular flexibility index (Phi) is 4.11. The number of alkyl halides is 2. The van der Waals surface area contributed by atoms with Gasteiger partial charge in [0.25, 0.3) is 0 Å². The number of halogens is 2. The van der Waals surface area contributed by atoms with Gasteiger partial charge in [-0.3, -0.25) is 0 Å². The predicted octanol–water partition coefficient (Wildman–Crippen LogP) is 2.59. The normalized spacial score (nSPS) is 12.7. The average Bonchev–Trinajstić information content (AvgIpc) is 2.86. The molecule has 0 spiro atoms. The highest BCUT2D eigenvalue weighted by molar-refractivity contribution is 5.37. The molecule has 0 saturated carbocycles. The van der Waals surface area contributed by atoms with Crippen LogP contribution in [0.15, 0.2) is 36.7 Å². The van der Waals surface area contributed by atoms with Crippen molar-refractivity contribution in [3.8, 4) is 5.75 Å². The van der Waals surface area contributed by atoms with Gasteiger partial charge in [0.15, 0.2) is 0 Å². The third kappa shape index (κ3) is 2.90. The summed E-state index contributed by atoms with van der Waals surface area (Å²) >= 11 is 0. The summed E-state index contributed by atoms with van der Waals surface area (Å²) < 4.78 is 30.8. The van der Waals surface area contributed by atoms with Crippen LogP contribution in [0, 0.1) is 0 Å². The van der Waals surface area contributed by atoms with E-state index >= 15 is 0 Å². The van der Waals surface area contributed by atoms with Gasteiger partial charge in [0, 0.05) is 24.5 Å². The number of aryl methyl sites for hydroxylation is 1. The maximum atomic E-state index is 12.3. The number of aliphatic hydroxyl groups is 1. The molecule has 0 amide bonds. The fourth-order valence-corrected chi connectivity index (χ4v) is 1.88. The highest BCUT2D eigenvalue weighted by Crippen LogP contribution is 2.30. The number of aliphatic hydroxyl groups excluding tert-OH is 1. The van der Waals surface area contributed by atoms with E-state index in [4.69, 9.17) is 0 Å². The summed E-state index contributed by atoms with van der Waals surface area (Å²) in [7, 11) is 0. The molecule has 2 rings (SSSR count). The van der Waals surface area contributed by atoms with Crippen LogP contribution in [0.2, 0.25) is 0 Å². The molecule has 102 valence electrons. The monoisotopic (exact) mass is 268 g/mol. The zero-order valence-electron chi connectivity index (χ0n) is 10.3. The fraction of sp³-hybridized carbons (Fsp3) is 0.308. The third-order valence-corrected chi connectivity index (χ3v) is 2.76. The van der Waals surface area contributed by atoms with E-state index in [9.17, 15) is 13.9 Å². The third-order valence-electron chi connectivity index (χ3n) is 2.76. The lowest BCUT2D eigenvalue weighted by molar-refractivity contribution is -0.0513. The molecule has 0 aliphatic rings. The molecule has 1 N–H and O–H groups in total. The van der Waals surface area contributed by atoms with Crippen LogP contribution in [0.4, 0.5) is 8.78 Å². The molecule has 1 heterocycles. The van der Waals surface area contributed by atoms with Crippen LogP contribution in [0.25, 0.3) is 0 Å². The van der Waals surface area contributed by atoms with Gasteiger partial charge < -0.3 is 14.4 Å². The number of nitrogens with zero attached hydrogens (tertiary/aromatic N) is 2. The lowest BCUT2D eigenvalue weighted by atomic mass is 10.1. The molecule has 1 atom stereocenters. The van der Waals surface area contributed by atoms with Crippen molar-refractivity contribution in [3.63, 3.8) is 0 Å². The van der Waals surface area contributed by atoms with Crippen molar-refractivity contribution in [2.75, 3.05) is 0 Å². The van der Waals surface area contributed by atoms with Gasteiger partial charge in [-0.2, -0.15) is 8.78 Å². The molecule has 0 aliphatic heterocycles. The first-order chi connectivity index (χ1) is 9.13. The molecule has 0 radical (unpaired) electrons. The number of hydrogen-bond acceptors (Lipinski definition) is 3. The van der Waals surface area contributed by atoms with Crippen molar-refractivity contribution in [3.05, 3.63) is 48.0 Å². The van der Waals surface area contributed by atoms with Crippen LogP contribution in [-0.2, 0) is 6.54 Å². The summed E-state index contributed by atoms with van der Waals surface area (Å²) in [6.07, 6.45) is 2.17. The molecule has 19 heavy (non-hydrogen) atoms. The van der Waals surface area contributed by atoms with Gasteiger partial charge in [0.05, 0.1) is 0 Å². The Bertz CT molecular complexity index is 543. The zero-order chi connectivity index (χ0) is 13.8. The number of benzene rings is 1. The molecular formula is C13H14F2N2O2. The van der Waals surface area contributed by atoms with E-state index in [0.717, 1.165) is 0 Å². The minimum absolute atomic E-state index is 0.0457. The second-order valence-corrected chi connectivity index (χ2v) is 3.89. The topological polar surface area (TPSA) is 47.3 Å². The van der Waals surface area contributed by atoms with E-state index in [1.165, 1.54) is 12.1 Å². The molecule has 2 aromatic rings. The standard InChI is InChI=1S/C13H14F2N2O2/c1-2-17-8-7-16-12(17)11(18)9-5-3-4-6-10(9)19-13(14)15/h3-8,11,13,18H,2H2,1H3. The predicted molar refractivity (Wildman–Crippen MR) is 65.0 cm³/mol. The van der Waals surface area contributed by atoms with Gasteiger partial charge in [-0.05, 0) is 13.0 Å². The summed E-state index contributed by atoms with van der Waals surface area (Å²) in [5.74, 6) is 0.350. The molecular weight excluding hydrogens is 254 g/mol. The van der Waals surface area contributed by atoms with Crippen molar-refractivity contribution in [1.82, 2.24) is 9.55 Å². The van der Waals surface area contributed by atoms with Gasteiger partial charge in [-0.25, -0.2) is 4.98 Å². The number of para-hydroxylation sites is 1. The first-order valence-corrected chi connectivity index (χ1v) is 5.86. The molecule has 1 aromatic heterocycles. The smallest absolute Gasteiger partial charge is 0.387 e. The zero-order valence-corrected chi connectivity index (χ0v) is 10.3. The Balaban J connectivity index is 2.36. The Morgan fingerprint density at radius 1 is 1.37 bits per heavy atom. The SMILES string of the molecule is CCn1ccnc1C(O)c1ccccc1OC(F)F. The molecule has 0 saturated heterocycles. The summed E-state index contributed by atoms with van der Waals surface area (Å²) in [6.45, 7) is -0.400. The fourth-order valence-electron chi connectivity index (χ4n) is 1.88. The van der Waals surface area contributed by atoms with E-state index < -0.39 is 12.7 Å². The van der Waals surface area contributed by atoms with Crippen LogP contribution in [0.1, 0.15) is 24.4 Å². The van der Waals surface area contributed by atoms with Crippen molar-refractivity contribution in [1.29, 1.82) is 0 Å². The minimum Gasteiger partial charge on any atom is -0.434 e. The van der Waals surface area contributed by atoms with Crippen LogP contribution >= 0.6 is 0 Å². The number of imidazole rings is 1. The highest BCUT2D eigenvalue weighted by atomic mass is 19.3. The second kappa shape index (κ2) is 5.79. The van der Waals surface area contributed by atoms with Crippen LogP contribution in [-0.4, -0.2) is 21.3 Å². The van der Waals surface area contributed by atoms with Gasteiger partial charge in [0.1, 0.15) is 17.7 Å². The maximum Gasteiger partial charge on any atom is 0.387 e. The lowest BCUT2D eigenvalue weighted by Gasteiger charge is -2.16. The summed E-state index contributed by atoms with van der Waals surface area (Å²) in [5, 5.41) is 10.3. The molecule has 4 nitrogen and oxygen atoms in total. The summed E-state index contributed by atoms with van der Waals surface area (Å²) in [5.41, 5.74) is 0.267. The Morgan fingerprint density at radius 2 is 2.11 bits per heavy atom. The van der Waals surface area contributed by atoms with Crippen LogP contribution in [0.3, 0.4) is 0 Å². The van der Waals surface area contributed by atoms with Crippen LogP contribution in [0.5, 0.6) is 5.75 Å². The molecule has 0 aliphatic carbocycles. The molecule has 6 heteroatoms. The van der Waals surface area contributed by atoms with E-state index in [-0.39, 0.29) is 11.3 Å². The van der Waals surface area contributed by atoms with Crippen molar-refractivity contribution < 1.29 is 18.6 Å². The van der Waals surface area contributed by atoms with E-state index in [0.29, 0.717) is 12.4 Å². The van der Waals surface area contributed by atoms with Crippen molar-refractivity contribution in [2.45, 2.75) is 26.2 Å². The number of hydrogen-bond donors (Lipinski definition) is 1. The first-order valence-electron chi connectivity index (χ1n) is 5.86. The maximum absolute atomic E-state index is 12.3. The van der Waals surface area contributed by atoms with Crippen molar-refractivity contribution in [2.24, 2.45) is 0 Å². The quantitative estimate of drug-likeness (QED) is 0.906. The van der Waals surface area contributed by atoms with E-state index in [1.54, 1.807) is 29.1 Å². The summed E-state index contributed by atoms with van der Waals surface area (Å²) in [4.78, 5) is 4.05. The Hall–Kier alpha value is -1.95. The van der Waals surface area contributed by atoms with Gasteiger partial charge in [-0.1, -0.05) is 18.2 Å². The Morgan fingerprint density at radius 3 is 2.79 bits per heavy atom. The number of aromatic nitrogens is 2.